The molecule has 1 aromatic heterocycles. The third-order valence-corrected chi connectivity index (χ3v) is 5.74. The summed E-state index contributed by atoms with van der Waals surface area (Å²) in [6, 6.07) is 21.6. The van der Waals surface area contributed by atoms with Crippen molar-refractivity contribution in [1.29, 1.82) is 0 Å². The maximum Gasteiger partial charge on any atom is 0.152 e. The average Bonchev–Trinajstić information content (AvgIpc) is 2.98. The lowest BCUT2D eigenvalue weighted by atomic mass is 9.82. The summed E-state index contributed by atoms with van der Waals surface area (Å²) < 4.78 is 8.53. The van der Waals surface area contributed by atoms with Gasteiger partial charge in [0.15, 0.2) is 11.5 Å². The summed E-state index contributed by atoms with van der Waals surface area (Å²) in [6.45, 7) is 6.88. The highest BCUT2D eigenvalue weighted by Gasteiger charge is 2.25. The molecule has 1 aliphatic heterocycles. The Labute approximate surface area is 147 Å². The Balaban J connectivity index is 1.93. The van der Waals surface area contributed by atoms with E-state index in [1.165, 1.54) is 27.4 Å². The maximum atomic E-state index is 6.18. The molecule has 5 rings (SSSR count). The van der Waals surface area contributed by atoms with Gasteiger partial charge in [0.1, 0.15) is 0 Å². The SMILES string of the molecule is CCC(C)(C)c1ccc2c(c1)c1cccc3c1n2-c1ccccc1O3. The van der Waals surface area contributed by atoms with E-state index in [0.29, 0.717) is 0 Å². The van der Waals surface area contributed by atoms with Crippen molar-refractivity contribution < 1.29 is 4.74 Å². The highest BCUT2D eigenvalue weighted by atomic mass is 16.5. The van der Waals surface area contributed by atoms with Crippen LogP contribution in [0.5, 0.6) is 11.5 Å². The molecule has 0 aliphatic carbocycles. The molecule has 1 aliphatic rings. The number of ether oxygens (including phenoxy) is 1. The quantitative estimate of drug-likeness (QED) is 0.357. The molecule has 2 heterocycles. The van der Waals surface area contributed by atoms with E-state index in [2.05, 4.69) is 73.9 Å². The Hall–Kier alpha value is -2.74. The summed E-state index contributed by atoms with van der Waals surface area (Å²) in [5.74, 6) is 1.85. The third kappa shape index (κ3) is 1.91. The minimum absolute atomic E-state index is 0.175. The first kappa shape index (κ1) is 14.6. The standard InChI is InChI=1S/C23H21NO/c1-4-23(2,3)15-12-13-18-17(14-15)16-8-7-11-21-22(16)24(18)19-9-5-6-10-20(19)25-21/h5-14H,4H2,1-3H3. The molecule has 0 atom stereocenters. The van der Waals surface area contributed by atoms with Crippen molar-refractivity contribution in [2.75, 3.05) is 0 Å². The van der Waals surface area contributed by atoms with Crippen molar-refractivity contribution >= 4 is 21.8 Å². The summed E-state index contributed by atoms with van der Waals surface area (Å²) in [7, 11) is 0. The molecule has 0 unspecified atom stereocenters. The van der Waals surface area contributed by atoms with E-state index in [9.17, 15) is 0 Å². The lowest BCUT2D eigenvalue weighted by molar-refractivity contribution is 0.476. The largest absolute Gasteiger partial charge is 0.453 e. The van der Waals surface area contributed by atoms with Gasteiger partial charge in [0.25, 0.3) is 0 Å². The van der Waals surface area contributed by atoms with Gasteiger partial charge < -0.3 is 9.30 Å². The Morgan fingerprint density at radius 1 is 0.880 bits per heavy atom. The predicted molar refractivity (Wildman–Crippen MR) is 104 cm³/mol. The summed E-state index contributed by atoms with van der Waals surface area (Å²) in [5, 5.41) is 2.56. The second-order valence-electron chi connectivity index (χ2n) is 7.53. The molecular weight excluding hydrogens is 306 g/mol. The zero-order valence-electron chi connectivity index (χ0n) is 14.8. The van der Waals surface area contributed by atoms with Gasteiger partial charge in [-0.25, -0.2) is 0 Å². The number of hydrogen-bond donors (Lipinski definition) is 0. The molecule has 2 nitrogen and oxygen atoms in total. The first-order valence-corrected chi connectivity index (χ1v) is 8.95. The van der Waals surface area contributed by atoms with Crippen molar-refractivity contribution in [3.8, 4) is 17.2 Å². The molecule has 25 heavy (non-hydrogen) atoms. The molecule has 0 saturated carbocycles. The van der Waals surface area contributed by atoms with Crippen LogP contribution in [0.1, 0.15) is 32.8 Å². The fourth-order valence-electron chi connectivity index (χ4n) is 3.84. The average molecular weight is 327 g/mol. The van der Waals surface area contributed by atoms with Crippen LogP contribution < -0.4 is 4.74 Å². The topological polar surface area (TPSA) is 14.2 Å². The van der Waals surface area contributed by atoms with Gasteiger partial charge in [-0.2, -0.15) is 0 Å². The summed E-state index contributed by atoms with van der Waals surface area (Å²) in [6.07, 6.45) is 1.12. The third-order valence-electron chi connectivity index (χ3n) is 5.74. The minimum Gasteiger partial charge on any atom is -0.453 e. The van der Waals surface area contributed by atoms with Crippen molar-refractivity contribution in [3.05, 3.63) is 66.2 Å². The first-order chi connectivity index (χ1) is 12.1. The second kappa shape index (κ2) is 4.89. The highest BCUT2D eigenvalue weighted by Crippen LogP contribution is 2.45. The van der Waals surface area contributed by atoms with Crippen LogP contribution in [0.4, 0.5) is 0 Å². The van der Waals surface area contributed by atoms with Crippen LogP contribution in [0.2, 0.25) is 0 Å². The van der Waals surface area contributed by atoms with Crippen LogP contribution >= 0.6 is 0 Å². The Morgan fingerprint density at radius 3 is 2.52 bits per heavy atom. The molecule has 124 valence electrons. The highest BCUT2D eigenvalue weighted by molar-refractivity contribution is 6.12. The normalized spacial score (nSPS) is 13.1. The maximum absolute atomic E-state index is 6.18. The van der Waals surface area contributed by atoms with E-state index in [-0.39, 0.29) is 5.41 Å². The number of nitrogens with zero attached hydrogens (tertiary/aromatic N) is 1. The molecule has 4 aromatic rings. The first-order valence-electron chi connectivity index (χ1n) is 8.95. The van der Waals surface area contributed by atoms with E-state index in [1.54, 1.807) is 0 Å². The van der Waals surface area contributed by atoms with Crippen LogP contribution in [0.25, 0.3) is 27.5 Å². The van der Waals surface area contributed by atoms with Crippen LogP contribution in [0.15, 0.2) is 60.7 Å². The molecule has 0 N–H and O–H groups in total. The molecule has 2 heteroatoms. The number of rotatable bonds is 2. The minimum atomic E-state index is 0.175. The van der Waals surface area contributed by atoms with Crippen LogP contribution in [0.3, 0.4) is 0 Å². The van der Waals surface area contributed by atoms with Crippen molar-refractivity contribution in [2.45, 2.75) is 32.6 Å². The summed E-state index contributed by atoms with van der Waals surface area (Å²) in [5.41, 5.74) is 5.09. The molecule has 0 spiro atoms. The molecule has 0 radical (unpaired) electrons. The fraction of sp³-hybridized carbons (Fsp3) is 0.217. The van der Waals surface area contributed by atoms with Gasteiger partial charge in [-0.15, -0.1) is 0 Å². The Bertz CT molecular complexity index is 1130. The van der Waals surface area contributed by atoms with Gasteiger partial charge in [0.05, 0.1) is 16.7 Å². The van der Waals surface area contributed by atoms with E-state index in [4.69, 9.17) is 4.74 Å². The monoisotopic (exact) mass is 327 g/mol. The molecule has 0 bridgehead atoms. The van der Waals surface area contributed by atoms with Crippen LogP contribution in [-0.2, 0) is 5.41 Å². The van der Waals surface area contributed by atoms with Gasteiger partial charge in [-0.3, -0.25) is 0 Å². The number of fused-ring (bicyclic) bond motifs is 5. The van der Waals surface area contributed by atoms with Crippen molar-refractivity contribution in [1.82, 2.24) is 4.57 Å². The van der Waals surface area contributed by atoms with Gasteiger partial charge in [0, 0.05) is 10.8 Å². The van der Waals surface area contributed by atoms with E-state index < -0.39 is 0 Å². The molecule has 0 fully saturated rings. The zero-order valence-corrected chi connectivity index (χ0v) is 14.8. The fourth-order valence-corrected chi connectivity index (χ4v) is 3.84. The van der Waals surface area contributed by atoms with Gasteiger partial charge >= 0.3 is 0 Å². The summed E-state index contributed by atoms with van der Waals surface area (Å²) in [4.78, 5) is 0. The van der Waals surface area contributed by atoms with E-state index in [1.807, 2.05) is 12.1 Å². The predicted octanol–water partition coefficient (Wildman–Crippen LogP) is 6.58. The molecule has 3 aromatic carbocycles. The Morgan fingerprint density at radius 2 is 1.68 bits per heavy atom. The number of hydrogen-bond acceptors (Lipinski definition) is 1. The van der Waals surface area contributed by atoms with Gasteiger partial charge in [-0.1, -0.05) is 51.1 Å². The number of para-hydroxylation sites is 3. The van der Waals surface area contributed by atoms with Gasteiger partial charge in [0.2, 0.25) is 0 Å². The van der Waals surface area contributed by atoms with Gasteiger partial charge in [-0.05, 0) is 47.7 Å². The number of benzene rings is 3. The molecule has 0 saturated heterocycles. The smallest absolute Gasteiger partial charge is 0.152 e. The zero-order chi connectivity index (χ0) is 17.2. The van der Waals surface area contributed by atoms with Crippen molar-refractivity contribution in [2.24, 2.45) is 0 Å². The summed E-state index contributed by atoms with van der Waals surface area (Å²) >= 11 is 0. The van der Waals surface area contributed by atoms with E-state index >= 15 is 0 Å². The molecular formula is C23H21NO. The lowest BCUT2D eigenvalue weighted by Gasteiger charge is -2.23. The number of aromatic nitrogens is 1. The second-order valence-corrected chi connectivity index (χ2v) is 7.53. The van der Waals surface area contributed by atoms with Crippen LogP contribution in [0, 0.1) is 0 Å². The Kier molecular flexibility index (Phi) is 2.85. The molecule has 0 amide bonds. The lowest BCUT2D eigenvalue weighted by Crippen LogP contribution is -2.15. The van der Waals surface area contributed by atoms with Crippen molar-refractivity contribution in [3.63, 3.8) is 0 Å². The van der Waals surface area contributed by atoms with E-state index in [0.717, 1.165) is 23.6 Å². The van der Waals surface area contributed by atoms with Crippen LogP contribution in [-0.4, -0.2) is 4.57 Å².